The van der Waals surface area contributed by atoms with E-state index in [9.17, 15) is 9.18 Å². The van der Waals surface area contributed by atoms with Crippen LogP contribution in [0.2, 0.25) is 10.0 Å². The van der Waals surface area contributed by atoms with E-state index in [0.717, 1.165) is 17.1 Å². The largest absolute Gasteiger partial charge is 0.325 e. The molecule has 1 aromatic heterocycles. The highest BCUT2D eigenvalue weighted by Gasteiger charge is 2.14. The summed E-state index contributed by atoms with van der Waals surface area (Å²) in [5.41, 5.74) is 1.60. The number of carbonyl (C=O) groups is 1. The summed E-state index contributed by atoms with van der Waals surface area (Å²) >= 11 is 14.9. The molecule has 0 radical (unpaired) electrons. The number of nitrogens with one attached hydrogen (secondary N) is 1. The number of aromatic nitrogens is 3. The molecule has 3 aromatic rings. The molecule has 0 saturated carbocycles. The fourth-order valence-electron chi connectivity index (χ4n) is 2.64. The van der Waals surface area contributed by atoms with Crippen LogP contribution in [-0.4, -0.2) is 26.4 Å². The van der Waals surface area contributed by atoms with E-state index in [1.54, 1.807) is 42.1 Å². The number of nitrogens with zero attached hydrogens (tertiary/aromatic N) is 3. The molecule has 1 heterocycles. The summed E-state index contributed by atoms with van der Waals surface area (Å²) in [5.74, 6) is 2.03. The summed E-state index contributed by atoms with van der Waals surface area (Å²) in [7, 11) is 0. The Hall–Kier alpha value is -1.74. The summed E-state index contributed by atoms with van der Waals surface area (Å²) < 4.78 is 15.0. The second-order valence-electron chi connectivity index (χ2n) is 6.26. The molecule has 0 fully saturated rings. The van der Waals surface area contributed by atoms with Crippen LogP contribution >= 0.6 is 46.7 Å². The van der Waals surface area contributed by atoms with E-state index in [-0.39, 0.29) is 17.5 Å². The molecule has 0 aliphatic carbocycles. The summed E-state index contributed by atoms with van der Waals surface area (Å²) in [5, 5.41) is 12.9. The fraction of sp³-hybridized carbons (Fsp3) is 0.250. The van der Waals surface area contributed by atoms with Gasteiger partial charge in [-0.25, -0.2) is 4.39 Å². The summed E-state index contributed by atoms with van der Waals surface area (Å²) in [6, 6.07) is 11.4. The van der Waals surface area contributed by atoms with E-state index < -0.39 is 0 Å². The minimum Gasteiger partial charge on any atom is -0.325 e. The van der Waals surface area contributed by atoms with Crippen molar-refractivity contribution in [1.82, 2.24) is 14.8 Å². The molecular formula is C20H19Cl2FN4OS2. The van der Waals surface area contributed by atoms with Crippen molar-refractivity contribution in [1.29, 1.82) is 0 Å². The van der Waals surface area contributed by atoms with Gasteiger partial charge in [0.1, 0.15) is 11.6 Å². The van der Waals surface area contributed by atoms with Crippen molar-refractivity contribution in [2.24, 2.45) is 0 Å². The zero-order valence-corrected chi connectivity index (χ0v) is 19.2. The van der Waals surface area contributed by atoms with Crippen molar-refractivity contribution < 1.29 is 9.18 Å². The molecule has 0 aliphatic rings. The van der Waals surface area contributed by atoms with Gasteiger partial charge in [-0.3, -0.25) is 4.79 Å². The lowest BCUT2D eigenvalue weighted by Crippen LogP contribution is -2.14. The zero-order chi connectivity index (χ0) is 21.5. The second-order valence-corrected chi connectivity index (χ2v) is 9.06. The van der Waals surface area contributed by atoms with Gasteiger partial charge in [0.25, 0.3) is 0 Å². The van der Waals surface area contributed by atoms with Gasteiger partial charge in [0.05, 0.1) is 11.5 Å². The first-order valence-corrected chi connectivity index (χ1v) is 12.0. The molecule has 1 N–H and O–H groups in total. The average Bonchev–Trinajstić information content (AvgIpc) is 3.09. The van der Waals surface area contributed by atoms with Crippen LogP contribution in [-0.2, 0) is 22.8 Å². The first kappa shape index (κ1) is 22.9. The Balaban J connectivity index is 1.53. The Labute approximate surface area is 192 Å². The molecule has 0 unspecified atom stereocenters. The smallest absolute Gasteiger partial charge is 0.234 e. The third-order valence-electron chi connectivity index (χ3n) is 4.00. The van der Waals surface area contributed by atoms with Gasteiger partial charge in [0.15, 0.2) is 5.16 Å². The van der Waals surface area contributed by atoms with Crippen LogP contribution in [0.3, 0.4) is 0 Å². The van der Waals surface area contributed by atoms with Crippen LogP contribution in [0.4, 0.5) is 10.1 Å². The first-order valence-electron chi connectivity index (χ1n) is 9.07. The molecule has 0 atom stereocenters. The Bertz CT molecular complexity index is 994. The molecule has 1 amide bonds. The average molecular weight is 485 g/mol. The number of thioether (sulfide) groups is 2. The third kappa shape index (κ3) is 6.63. The van der Waals surface area contributed by atoms with Crippen molar-refractivity contribution in [2.45, 2.75) is 30.1 Å². The van der Waals surface area contributed by atoms with Crippen LogP contribution in [0.1, 0.15) is 18.3 Å². The lowest BCUT2D eigenvalue weighted by atomic mass is 10.2. The van der Waals surface area contributed by atoms with Gasteiger partial charge >= 0.3 is 0 Å². The second kappa shape index (κ2) is 11.0. The number of rotatable bonds is 9. The topological polar surface area (TPSA) is 59.8 Å². The van der Waals surface area contributed by atoms with Gasteiger partial charge in [-0.05, 0) is 42.8 Å². The monoisotopic (exact) mass is 484 g/mol. The van der Waals surface area contributed by atoms with Gasteiger partial charge < -0.3 is 9.88 Å². The standard InChI is InChI=1S/C20H19Cl2FN4OS2/c1-2-27-18(11-29-10-13-3-5-16(23)6-4-13)25-26-20(27)30-12-19(28)24-17-8-14(21)7-15(22)9-17/h3-9H,2,10-12H2,1H3,(H,24,28). The molecule has 10 heteroatoms. The maximum Gasteiger partial charge on any atom is 0.234 e. The molecular weight excluding hydrogens is 466 g/mol. The zero-order valence-electron chi connectivity index (χ0n) is 16.1. The predicted molar refractivity (Wildman–Crippen MR) is 123 cm³/mol. The quantitative estimate of drug-likeness (QED) is 0.382. The summed E-state index contributed by atoms with van der Waals surface area (Å²) in [4.78, 5) is 12.3. The maximum atomic E-state index is 13.0. The SMILES string of the molecule is CCn1c(CSCc2ccc(F)cc2)nnc1SCC(=O)Nc1cc(Cl)cc(Cl)c1. The number of benzene rings is 2. The van der Waals surface area contributed by atoms with E-state index >= 15 is 0 Å². The Morgan fingerprint density at radius 2 is 1.80 bits per heavy atom. The highest BCUT2D eigenvalue weighted by atomic mass is 35.5. The lowest BCUT2D eigenvalue weighted by molar-refractivity contribution is -0.113. The molecule has 158 valence electrons. The van der Waals surface area contributed by atoms with Crippen LogP contribution in [0, 0.1) is 5.82 Å². The number of halogens is 3. The Morgan fingerprint density at radius 1 is 1.10 bits per heavy atom. The van der Waals surface area contributed by atoms with Gasteiger partial charge in [0.2, 0.25) is 5.91 Å². The molecule has 0 saturated heterocycles. The minimum atomic E-state index is -0.237. The molecule has 3 rings (SSSR count). The van der Waals surface area contributed by atoms with E-state index in [4.69, 9.17) is 23.2 Å². The highest BCUT2D eigenvalue weighted by molar-refractivity contribution is 7.99. The van der Waals surface area contributed by atoms with E-state index in [1.165, 1.54) is 23.9 Å². The number of anilines is 1. The van der Waals surface area contributed by atoms with E-state index in [1.807, 2.05) is 11.5 Å². The van der Waals surface area contributed by atoms with Gasteiger partial charge in [-0.1, -0.05) is 47.1 Å². The first-order chi connectivity index (χ1) is 14.4. The Morgan fingerprint density at radius 3 is 2.47 bits per heavy atom. The normalized spacial score (nSPS) is 10.9. The fourth-order valence-corrected chi connectivity index (χ4v) is 4.92. The molecule has 2 aromatic carbocycles. The highest BCUT2D eigenvalue weighted by Crippen LogP contribution is 2.24. The summed E-state index contributed by atoms with van der Waals surface area (Å²) in [6.07, 6.45) is 0. The van der Waals surface area contributed by atoms with Crippen molar-refractivity contribution in [3.8, 4) is 0 Å². The lowest BCUT2D eigenvalue weighted by Gasteiger charge is -2.08. The minimum absolute atomic E-state index is 0.184. The third-order valence-corrected chi connectivity index (χ3v) is 6.40. The molecule has 30 heavy (non-hydrogen) atoms. The van der Waals surface area contributed by atoms with Crippen molar-refractivity contribution in [3.63, 3.8) is 0 Å². The maximum absolute atomic E-state index is 13.0. The number of hydrogen-bond acceptors (Lipinski definition) is 5. The molecule has 0 aliphatic heterocycles. The molecule has 0 bridgehead atoms. The Kier molecular flexibility index (Phi) is 8.44. The van der Waals surface area contributed by atoms with E-state index in [2.05, 4.69) is 15.5 Å². The van der Waals surface area contributed by atoms with Crippen molar-refractivity contribution in [3.05, 3.63) is 69.7 Å². The predicted octanol–water partition coefficient (Wildman–Crippen LogP) is 5.91. The molecule has 0 spiro atoms. The van der Waals surface area contributed by atoms with Gasteiger partial charge in [0, 0.05) is 28.0 Å². The molecule has 5 nitrogen and oxygen atoms in total. The summed E-state index contributed by atoms with van der Waals surface area (Å²) in [6.45, 7) is 2.71. The van der Waals surface area contributed by atoms with Crippen LogP contribution in [0.5, 0.6) is 0 Å². The number of carbonyl (C=O) groups excluding carboxylic acids is 1. The van der Waals surface area contributed by atoms with Crippen molar-refractivity contribution >= 4 is 58.3 Å². The van der Waals surface area contributed by atoms with Crippen LogP contribution in [0.25, 0.3) is 0 Å². The van der Waals surface area contributed by atoms with Crippen LogP contribution in [0.15, 0.2) is 47.6 Å². The number of amides is 1. The number of hydrogen-bond donors (Lipinski definition) is 1. The van der Waals surface area contributed by atoms with Gasteiger partial charge in [-0.2, -0.15) is 0 Å². The van der Waals surface area contributed by atoms with E-state index in [0.29, 0.717) is 33.2 Å². The van der Waals surface area contributed by atoms with Gasteiger partial charge in [-0.15, -0.1) is 22.0 Å². The van der Waals surface area contributed by atoms with Crippen molar-refractivity contribution in [2.75, 3.05) is 11.1 Å². The van der Waals surface area contributed by atoms with Crippen LogP contribution < -0.4 is 5.32 Å².